The SMILES string of the molecule is N#Cc1ncc(OC(F)F)cc1C(=O)O. The summed E-state index contributed by atoms with van der Waals surface area (Å²) in [5, 5.41) is 17.1. The van der Waals surface area contributed by atoms with Crippen LogP contribution in [0.15, 0.2) is 12.3 Å². The number of halogens is 2. The molecule has 0 bridgehead atoms. The molecule has 0 amide bonds. The number of alkyl halides is 2. The Kier molecular flexibility index (Phi) is 3.13. The predicted molar refractivity (Wildman–Crippen MR) is 42.5 cm³/mol. The van der Waals surface area contributed by atoms with Crippen LogP contribution in [0.25, 0.3) is 0 Å². The van der Waals surface area contributed by atoms with Crippen LogP contribution in [-0.2, 0) is 0 Å². The van der Waals surface area contributed by atoms with E-state index in [1.54, 1.807) is 0 Å². The summed E-state index contributed by atoms with van der Waals surface area (Å²) in [6, 6.07) is 2.34. The molecule has 0 atom stereocenters. The number of carboxylic acid groups (broad SMARTS) is 1. The lowest BCUT2D eigenvalue weighted by molar-refractivity contribution is -0.0501. The minimum absolute atomic E-state index is 0.357. The highest BCUT2D eigenvalue weighted by Crippen LogP contribution is 2.16. The van der Waals surface area contributed by atoms with Crippen LogP contribution in [0.1, 0.15) is 16.1 Å². The topological polar surface area (TPSA) is 83.2 Å². The van der Waals surface area contributed by atoms with Crippen LogP contribution < -0.4 is 4.74 Å². The van der Waals surface area contributed by atoms with Gasteiger partial charge in [0.25, 0.3) is 0 Å². The second-order valence-corrected chi connectivity index (χ2v) is 2.36. The van der Waals surface area contributed by atoms with Crippen LogP contribution in [0.5, 0.6) is 5.75 Å². The smallest absolute Gasteiger partial charge is 0.387 e. The van der Waals surface area contributed by atoms with E-state index in [1.807, 2.05) is 0 Å². The minimum Gasteiger partial charge on any atom is -0.478 e. The second kappa shape index (κ2) is 4.32. The molecule has 1 N–H and O–H groups in total. The maximum Gasteiger partial charge on any atom is 0.387 e. The summed E-state index contributed by atoms with van der Waals surface area (Å²) >= 11 is 0. The van der Waals surface area contributed by atoms with E-state index >= 15 is 0 Å². The maximum atomic E-state index is 11.8. The molecule has 78 valence electrons. The summed E-state index contributed by atoms with van der Waals surface area (Å²) in [5.41, 5.74) is -0.834. The maximum absolute atomic E-state index is 11.8. The van der Waals surface area contributed by atoms with E-state index in [2.05, 4.69) is 9.72 Å². The summed E-state index contributed by atoms with van der Waals surface area (Å²) in [5.74, 6) is -1.83. The molecular weight excluding hydrogens is 210 g/mol. The van der Waals surface area contributed by atoms with E-state index < -0.39 is 23.9 Å². The minimum atomic E-state index is -3.07. The highest BCUT2D eigenvalue weighted by molar-refractivity contribution is 5.90. The Bertz CT molecular complexity index is 428. The van der Waals surface area contributed by atoms with Gasteiger partial charge in [-0.2, -0.15) is 14.0 Å². The molecule has 0 aliphatic rings. The number of nitriles is 1. The van der Waals surface area contributed by atoms with Crippen molar-refractivity contribution in [3.05, 3.63) is 23.5 Å². The van der Waals surface area contributed by atoms with Gasteiger partial charge in [0.15, 0.2) is 5.69 Å². The lowest BCUT2D eigenvalue weighted by Crippen LogP contribution is -2.06. The number of aromatic carboxylic acids is 1. The first-order valence-electron chi connectivity index (χ1n) is 3.63. The van der Waals surface area contributed by atoms with E-state index in [1.165, 1.54) is 6.07 Å². The number of rotatable bonds is 3. The Hall–Kier alpha value is -2.23. The quantitative estimate of drug-likeness (QED) is 0.818. The standard InChI is InChI=1S/C8H4F2N2O3/c9-8(10)15-4-1-5(7(13)14)6(2-11)12-3-4/h1,3,8H,(H,13,14). The van der Waals surface area contributed by atoms with Gasteiger partial charge in [-0.3, -0.25) is 0 Å². The zero-order valence-corrected chi connectivity index (χ0v) is 7.15. The van der Waals surface area contributed by atoms with Gasteiger partial charge < -0.3 is 9.84 Å². The van der Waals surface area contributed by atoms with Crippen molar-refractivity contribution in [1.29, 1.82) is 5.26 Å². The molecule has 0 aromatic carbocycles. The summed E-state index contributed by atoms with van der Waals surface area (Å²) in [6.07, 6.45) is 0.858. The normalized spacial score (nSPS) is 9.73. The van der Waals surface area contributed by atoms with Crippen molar-refractivity contribution in [1.82, 2.24) is 4.98 Å². The van der Waals surface area contributed by atoms with Gasteiger partial charge in [-0.15, -0.1) is 0 Å². The highest BCUT2D eigenvalue weighted by Gasteiger charge is 2.14. The number of ether oxygens (including phenoxy) is 1. The number of carboxylic acids is 1. The number of pyridine rings is 1. The molecule has 1 heterocycles. The first kappa shape index (κ1) is 10.8. The van der Waals surface area contributed by atoms with Gasteiger partial charge in [-0.25, -0.2) is 9.78 Å². The van der Waals surface area contributed by atoms with E-state index in [0.717, 1.165) is 12.3 Å². The van der Waals surface area contributed by atoms with Crippen LogP contribution in [0.4, 0.5) is 8.78 Å². The van der Waals surface area contributed by atoms with Gasteiger partial charge in [0.05, 0.1) is 11.8 Å². The Morgan fingerprint density at radius 3 is 2.80 bits per heavy atom. The van der Waals surface area contributed by atoms with Gasteiger partial charge in [0.2, 0.25) is 0 Å². The Morgan fingerprint density at radius 2 is 2.33 bits per heavy atom. The molecule has 5 nitrogen and oxygen atoms in total. The predicted octanol–water partition coefficient (Wildman–Crippen LogP) is 1.25. The lowest BCUT2D eigenvalue weighted by Gasteiger charge is -2.04. The van der Waals surface area contributed by atoms with Crippen LogP contribution in [0, 0.1) is 11.3 Å². The van der Waals surface area contributed by atoms with E-state index in [4.69, 9.17) is 10.4 Å². The van der Waals surface area contributed by atoms with Crippen molar-refractivity contribution in [2.75, 3.05) is 0 Å². The molecule has 0 radical (unpaired) electrons. The third-order valence-electron chi connectivity index (χ3n) is 1.42. The Morgan fingerprint density at radius 1 is 1.67 bits per heavy atom. The summed E-state index contributed by atoms with van der Waals surface area (Å²) in [7, 11) is 0. The van der Waals surface area contributed by atoms with Crippen LogP contribution in [-0.4, -0.2) is 22.7 Å². The van der Waals surface area contributed by atoms with Crippen molar-refractivity contribution in [2.45, 2.75) is 6.61 Å². The van der Waals surface area contributed by atoms with Crippen molar-refractivity contribution < 1.29 is 23.4 Å². The molecule has 0 spiro atoms. The Balaban J connectivity index is 3.12. The molecule has 1 aromatic heterocycles. The molecule has 0 aliphatic carbocycles. The van der Waals surface area contributed by atoms with E-state index in [0.29, 0.717) is 0 Å². The molecule has 0 fully saturated rings. The van der Waals surface area contributed by atoms with Crippen molar-refractivity contribution in [3.8, 4) is 11.8 Å². The highest BCUT2D eigenvalue weighted by atomic mass is 19.3. The van der Waals surface area contributed by atoms with E-state index in [9.17, 15) is 13.6 Å². The first-order chi connectivity index (χ1) is 7.04. The fourth-order valence-electron chi connectivity index (χ4n) is 0.865. The third kappa shape index (κ3) is 2.60. The van der Waals surface area contributed by atoms with Crippen molar-refractivity contribution >= 4 is 5.97 Å². The van der Waals surface area contributed by atoms with Crippen LogP contribution in [0.2, 0.25) is 0 Å². The van der Waals surface area contributed by atoms with Gasteiger partial charge >= 0.3 is 12.6 Å². The Labute approximate surface area is 82.5 Å². The van der Waals surface area contributed by atoms with Crippen molar-refractivity contribution in [2.24, 2.45) is 0 Å². The zero-order valence-electron chi connectivity index (χ0n) is 7.15. The average molecular weight is 214 g/mol. The second-order valence-electron chi connectivity index (χ2n) is 2.36. The van der Waals surface area contributed by atoms with E-state index in [-0.39, 0.29) is 5.69 Å². The molecule has 1 rings (SSSR count). The first-order valence-corrected chi connectivity index (χ1v) is 3.63. The fourth-order valence-corrected chi connectivity index (χ4v) is 0.865. The van der Waals surface area contributed by atoms with Gasteiger partial charge in [0.1, 0.15) is 11.8 Å². The molecule has 15 heavy (non-hydrogen) atoms. The monoisotopic (exact) mass is 214 g/mol. The van der Waals surface area contributed by atoms with Gasteiger partial charge in [0, 0.05) is 0 Å². The largest absolute Gasteiger partial charge is 0.478 e. The van der Waals surface area contributed by atoms with Crippen molar-refractivity contribution in [3.63, 3.8) is 0 Å². The molecule has 7 heteroatoms. The summed E-state index contributed by atoms with van der Waals surface area (Å²) in [4.78, 5) is 14.0. The summed E-state index contributed by atoms with van der Waals surface area (Å²) < 4.78 is 27.5. The zero-order chi connectivity index (χ0) is 11.4. The number of hydrogen-bond acceptors (Lipinski definition) is 4. The average Bonchev–Trinajstić information content (AvgIpc) is 2.16. The molecule has 0 saturated carbocycles. The molecule has 0 saturated heterocycles. The number of nitrogens with zero attached hydrogens (tertiary/aromatic N) is 2. The third-order valence-corrected chi connectivity index (χ3v) is 1.42. The van der Waals surface area contributed by atoms with Gasteiger partial charge in [-0.05, 0) is 6.07 Å². The molecule has 1 aromatic rings. The summed E-state index contributed by atoms with van der Waals surface area (Å²) in [6.45, 7) is -3.07. The lowest BCUT2D eigenvalue weighted by atomic mass is 10.2. The van der Waals surface area contributed by atoms with Gasteiger partial charge in [-0.1, -0.05) is 0 Å². The number of carbonyl (C=O) groups is 1. The van der Waals surface area contributed by atoms with Crippen LogP contribution in [0.3, 0.4) is 0 Å². The fraction of sp³-hybridized carbons (Fsp3) is 0.125. The molecule has 0 unspecified atom stereocenters. The molecular formula is C8H4F2N2O3. The molecule has 0 aliphatic heterocycles. The number of hydrogen-bond donors (Lipinski definition) is 1. The number of aromatic nitrogens is 1. The van der Waals surface area contributed by atoms with Crippen LogP contribution >= 0.6 is 0 Å².